The Kier molecular flexibility index (Phi) is 5.14. The number of carboxylic acid groups (broad SMARTS) is 1. The normalized spacial score (nSPS) is 25.6. The van der Waals surface area contributed by atoms with Gasteiger partial charge in [-0.3, -0.25) is 4.90 Å². The van der Waals surface area contributed by atoms with Gasteiger partial charge in [-0.15, -0.1) is 0 Å². The quantitative estimate of drug-likeness (QED) is 0.902. The van der Waals surface area contributed by atoms with Gasteiger partial charge in [0.25, 0.3) is 0 Å². The minimum atomic E-state index is -0.833. The maximum absolute atomic E-state index is 11.8. The molecule has 142 valence electrons. The Labute approximate surface area is 160 Å². The van der Waals surface area contributed by atoms with Crippen LogP contribution in [0.25, 0.3) is 0 Å². The SMILES string of the molecule is CO[C@H]1C[C@H]2CN(C(=O)O)C[C@@H](C(c3ccccc3)c3ccccc3)N2C1. The third-order valence-corrected chi connectivity index (χ3v) is 5.99. The standard InChI is InChI=1S/C22H26N2O3/c1-27-19-12-18-13-23(22(25)26)15-20(24(18)14-19)21(16-8-4-2-5-9-16)17-10-6-3-7-11-17/h2-11,18-21H,12-15H2,1H3,(H,25,26)/t18-,19-,20-/m0/s1. The zero-order valence-electron chi connectivity index (χ0n) is 15.6. The van der Waals surface area contributed by atoms with Crippen molar-refractivity contribution in [2.24, 2.45) is 0 Å². The molecule has 5 heteroatoms. The Balaban J connectivity index is 1.75. The molecule has 0 aromatic heterocycles. The highest BCUT2D eigenvalue weighted by atomic mass is 16.5. The van der Waals surface area contributed by atoms with Gasteiger partial charge < -0.3 is 14.7 Å². The second-order valence-electron chi connectivity index (χ2n) is 7.50. The summed E-state index contributed by atoms with van der Waals surface area (Å²) in [4.78, 5) is 15.9. The molecule has 2 aromatic rings. The van der Waals surface area contributed by atoms with Crippen LogP contribution in [0.2, 0.25) is 0 Å². The Hall–Kier alpha value is -2.37. The van der Waals surface area contributed by atoms with E-state index in [1.807, 2.05) is 12.1 Å². The zero-order chi connectivity index (χ0) is 18.8. The number of amides is 1. The van der Waals surface area contributed by atoms with E-state index in [1.165, 1.54) is 11.1 Å². The molecule has 0 bridgehead atoms. The van der Waals surface area contributed by atoms with Crippen molar-refractivity contribution in [2.75, 3.05) is 26.7 Å². The van der Waals surface area contributed by atoms with Gasteiger partial charge in [0.15, 0.2) is 0 Å². The molecule has 2 aliphatic rings. The van der Waals surface area contributed by atoms with Gasteiger partial charge >= 0.3 is 6.09 Å². The van der Waals surface area contributed by atoms with E-state index >= 15 is 0 Å². The zero-order valence-corrected chi connectivity index (χ0v) is 15.6. The number of rotatable bonds is 4. The fourth-order valence-corrected chi connectivity index (χ4v) is 4.72. The molecule has 2 aromatic carbocycles. The summed E-state index contributed by atoms with van der Waals surface area (Å²) in [6.45, 7) is 1.92. The maximum atomic E-state index is 11.8. The summed E-state index contributed by atoms with van der Waals surface area (Å²) in [5.41, 5.74) is 2.45. The van der Waals surface area contributed by atoms with Crippen LogP contribution in [0.4, 0.5) is 4.79 Å². The number of benzene rings is 2. The lowest BCUT2D eigenvalue weighted by Gasteiger charge is -2.46. The average molecular weight is 366 g/mol. The summed E-state index contributed by atoms with van der Waals surface area (Å²) in [5.74, 6) is 0.118. The van der Waals surface area contributed by atoms with E-state index in [9.17, 15) is 9.90 Å². The van der Waals surface area contributed by atoms with Gasteiger partial charge in [-0.25, -0.2) is 4.79 Å². The summed E-state index contributed by atoms with van der Waals surface area (Å²) in [5, 5.41) is 9.70. The van der Waals surface area contributed by atoms with Gasteiger partial charge in [-0.2, -0.15) is 0 Å². The van der Waals surface area contributed by atoms with Crippen molar-refractivity contribution in [1.29, 1.82) is 0 Å². The number of piperazine rings is 1. The van der Waals surface area contributed by atoms with E-state index in [4.69, 9.17) is 4.74 Å². The van der Waals surface area contributed by atoms with Crippen LogP contribution in [0.15, 0.2) is 60.7 Å². The molecule has 27 heavy (non-hydrogen) atoms. The highest BCUT2D eigenvalue weighted by molar-refractivity contribution is 5.65. The van der Waals surface area contributed by atoms with Crippen LogP contribution in [0.3, 0.4) is 0 Å². The lowest BCUT2D eigenvalue weighted by molar-refractivity contribution is 0.0392. The number of hydrogen-bond acceptors (Lipinski definition) is 3. The third-order valence-electron chi connectivity index (χ3n) is 5.99. The van der Waals surface area contributed by atoms with E-state index in [1.54, 1.807) is 12.0 Å². The summed E-state index contributed by atoms with van der Waals surface area (Å²) >= 11 is 0. The van der Waals surface area contributed by atoms with Crippen molar-refractivity contribution in [1.82, 2.24) is 9.80 Å². The van der Waals surface area contributed by atoms with Gasteiger partial charge in [-0.05, 0) is 17.5 Å². The van der Waals surface area contributed by atoms with Gasteiger partial charge in [0.05, 0.1) is 6.10 Å². The number of fused-ring (bicyclic) bond motifs is 1. The number of methoxy groups -OCH3 is 1. The summed E-state index contributed by atoms with van der Waals surface area (Å²) in [7, 11) is 1.75. The molecule has 2 saturated heterocycles. The third kappa shape index (κ3) is 3.57. The molecule has 0 saturated carbocycles. The summed E-state index contributed by atoms with van der Waals surface area (Å²) < 4.78 is 5.63. The van der Waals surface area contributed by atoms with Crippen molar-refractivity contribution in [3.63, 3.8) is 0 Å². The maximum Gasteiger partial charge on any atom is 0.407 e. The molecule has 0 radical (unpaired) electrons. The molecule has 3 atom stereocenters. The van der Waals surface area contributed by atoms with Crippen molar-refractivity contribution in [3.8, 4) is 0 Å². The second kappa shape index (κ2) is 7.71. The molecule has 2 aliphatic heterocycles. The highest BCUT2D eigenvalue weighted by Gasteiger charge is 2.46. The molecular weight excluding hydrogens is 340 g/mol. The summed E-state index contributed by atoms with van der Waals surface area (Å²) in [6.07, 6.45) is 0.214. The first-order valence-electron chi connectivity index (χ1n) is 9.53. The molecule has 4 rings (SSSR count). The Morgan fingerprint density at radius 3 is 2.11 bits per heavy atom. The van der Waals surface area contributed by atoms with E-state index in [0.717, 1.165) is 13.0 Å². The van der Waals surface area contributed by atoms with Crippen LogP contribution in [0.1, 0.15) is 23.5 Å². The van der Waals surface area contributed by atoms with Crippen LogP contribution in [0, 0.1) is 0 Å². The number of nitrogens with zero attached hydrogens (tertiary/aromatic N) is 2. The van der Waals surface area contributed by atoms with E-state index < -0.39 is 6.09 Å². The number of ether oxygens (including phenoxy) is 1. The molecule has 1 amide bonds. The largest absolute Gasteiger partial charge is 0.465 e. The molecule has 0 unspecified atom stereocenters. The predicted octanol–water partition coefficient (Wildman–Crippen LogP) is 3.27. The van der Waals surface area contributed by atoms with E-state index in [-0.39, 0.29) is 24.1 Å². The van der Waals surface area contributed by atoms with Crippen molar-refractivity contribution < 1.29 is 14.6 Å². The lowest BCUT2D eigenvalue weighted by atomic mass is 9.82. The fourth-order valence-electron chi connectivity index (χ4n) is 4.72. The van der Waals surface area contributed by atoms with Gasteiger partial charge in [0.1, 0.15) is 0 Å². The first-order chi connectivity index (χ1) is 13.2. The molecular formula is C22H26N2O3. The van der Waals surface area contributed by atoms with Crippen molar-refractivity contribution in [2.45, 2.75) is 30.5 Å². The average Bonchev–Trinajstić information content (AvgIpc) is 3.13. The van der Waals surface area contributed by atoms with Crippen LogP contribution < -0.4 is 0 Å². The van der Waals surface area contributed by atoms with Crippen LogP contribution in [-0.2, 0) is 4.74 Å². The molecule has 0 aliphatic carbocycles. The molecule has 1 N–H and O–H groups in total. The molecule has 0 spiro atoms. The smallest absolute Gasteiger partial charge is 0.407 e. The van der Waals surface area contributed by atoms with Crippen LogP contribution >= 0.6 is 0 Å². The van der Waals surface area contributed by atoms with Gasteiger partial charge in [0, 0.05) is 44.7 Å². The van der Waals surface area contributed by atoms with Crippen molar-refractivity contribution >= 4 is 6.09 Å². The first-order valence-corrected chi connectivity index (χ1v) is 9.53. The molecule has 2 fully saturated rings. The van der Waals surface area contributed by atoms with Gasteiger partial charge in [-0.1, -0.05) is 60.7 Å². The Morgan fingerprint density at radius 1 is 1.00 bits per heavy atom. The first kappa shape index (κ1) is 18.0. The topological polar surface area (TPSA) is 53.0 Å². The second-order valence-corrected chi connectivity index (χ2v) is 7.50. The highest BCUT2D eigenvalue weighted by Crippen LogP contribution is 2.38. The minimum absolute atomic E-state index is 0.0878. The molecule has 5 nitrogen and oxygen atoms in total. The Bertz CT molecular complexity index is 728. The van der Waals surface area contributed by atoms with E-state index in [2.05, 4.69) is 53.4 Å². The molecule has 2 heterocycles. The van der Waals surface area contributed by atoms with Crippen LogP contribution in [0.5, 0.6) is 0 Å². The lowest BCUT2D eigenvalue weighted by Crippen LogP contribution is -2.59. The van der Waals surface area contributed by atoms with Crippen molar-refractivity contribution in [3.05, 3.63) is 71.8 Å². The fraction of sp³-hybridized carbons (Fsp3) is 0.409. The number of carbonyl (C=O) groups is 1. The summed E-state index contributed by atoms with van der Waals surface area (Å²) in [6, 6.07) is 21.2. The predicted molar refractivity (Wildman–Crippen MR) is 104 cm³/mol. The monoisotopic (exact) mass is 366 g/mol. The number of hydrogen-bond donors (Lipinski definition) is 1. The van der Waals surface area contributed by atoms with E-state index in [0.29, 0.717) is 13.1 Å². The minimum Gasteiger partial charge on any atom is -0.465 e. The van der Waals surface area contributed by atoms with Gasteiger partial charge in [0.2, 0.25) is 0 Å². The van der Waals surface area contributed by atoms with Crippen LogP contribution in [-0.4, -0.2) is 65.9 Å². The Morgan fingerprint density at radius 2 is 1.59 bits per heavy atom.